The van der Waals surface area contributed by atoms with Gasteiger partial charge in [-0.25, -0.2) is 15.8 Å². The van der Waals surface area contributed by atoms with Crippen LogP contribution < -0.4 is 16.2 Å². The van der Waals surface area contributed by atoms with Gasteiger partial charge in [-0.3, -0.25) is 0 Å². The Balaban J connectivity index is 2.38. The summed E-state index contributed by atoms with van der Waals surface area (Å²) in [5.41, 5.74) is 4.07. The summed E-state index contributed by atoms with van der Waals surface area (Å²) in [7, 11) is 0. The van der Waals surface area contributed by atoms with E-state index in [-0.39, 0.29) is 0 Å². The van der Waals surface area contributed by atoms with Crippen molar-refractivity contribution in [2.45, 2.75) is 40.5 Å². The molecule has 1 aliphatic rings. The summed E-state index contributed by atoms with van der Waals surface area (Å²) < 4.78 is 0. The second-order valence-corrected chi connectivity index (χ2v) is 5.77. The third-order valence-electron chi connectivity index (χ3n) is 3.60. The number of nitrogens with two attached hydrogens (primary N) is 1. The second-order valence-electron chi connectivity index (χ2n) is 5.77. The average molecular weight is 249 g/mol. The van der Waals surface area contributed by atoms with Crippen LogP contribution in [0.4, 0.5) is 11.6 Å². The SMILES string of the molecule is CCc1nc(NN)c(C)c(N2CCC(C)(C)C2)n1. The van der Waals surface area contributed by atoms with Crippen LogP contribution in [0.5, 0.6) is 0 Å². The highest BCUT2D eigenvalue weighted by atomic mass is 15.3. The Bertz CT molecular complexity index is 441. The standard InChI is InChI=1S/C13H23N5/c1-5-10-15-11(17-14)9(2)12(16-10)18-7-6-13(3,4)8-18/h5-8,14H2,1-4H3,(H,15,16,17). The summed E-state index contributed by atoms with van der Waals surface area (Å²) in [6.45, 7) is 10.8. The molecule has 100 valence electrons. The molecule has 2 heterocycles. The van der Waals surface area contributed by atoms with E-state index < -0.39 is 0 Å². The first kappa shape index (κ1) is 13.1. The minimum Gasteiger partial charge on any atom is -0.356 e. The first-order valence-corrected chi connectivity index (χ1v) is 6.56. The maximum atomic E-state index is 5.54. The molecular formula is C13H23N5. The molecule has 5 nitrogen and oxygen atoms in total. The van der Waals surface area contributed by atoms with Crippen LogP contribution in [0.2, 0.25) is 0 Å². The maximum Gasteiger partial charge on any atom is 0.148 e. The topological polar surface area (TPSA) is 67.1 Å². The van der Waals surface area contributed by atoms with Gasteiger partial charge in [0.15, 0.2) is 0 Å². The van der Waals surface area contributed by atoms with E-state index in [9.17, 15) is 0 Å². The van der Waals surface area contributed by atoms with E-state index in [1.54, 1.807) is 0 Å². The Hall–Kier alpha value is -1.36. The fourth-order valence-corrected chi connectivity index (χ4v) is 2.45. The molecule has 1 aromatic rings. The van der Waals surface area contributed by atoms with Gasteiger partial charge in [-0.15, -0.1) is 0 Å². The van der Waals surface area contributed by atoms with Gasteiger partial charge in [0.25, 0.3) is 0 Å². The number of nitrogens with one attached hydrogen (secondary N) is 1. The van der Waals surface area contributed by atoms with Crippen molar-refractivity contribution < 1.29 is 0 Å². The van der Waals surface area contributed by atoms with E-state index in [0.29, 0.717) is 5.41 Å². The van der Waals surface area contributed by atoms with Crippen molar-refractivity contribution in [3.8, 4) is 0 Å². The van der Waals surface area contributed by atoms with Crippen LogP contribution in [-0.4, -0.2) is 23.1 Å². The number of hydrogen-bond donors (Lipinski definition) is 2. The highest BCUT2D eigenvalue weighted by Crippen LogP contribution is 2.34. The molecule has 1 fully saturated rings. The zero-order chi connectivity index (χ0) is 13.3. The number of anilines is 2. The summed E-state index contributed by atoms with van der Waals surface area (Å²) in [5.74, 6) is 8.14. The van der Waals surface area contributed by atoms with Crippen molar-refractivity contribution in [3.05, 3.63) is 11.4 Å². The number of hydrogen-bond acceptors (Lipinski definition) is 5. The van der Waals surface area contributed by atoms with E-state index in [0.717, 1.165) is 42.5 Å². The van der Waals surface area contributed by atoms with Gasteiger partial charge >= 0.3 is 0 Å². The van der Waals surface area contributed by atoms with Crippen molar-refractivity contribution in [2.75, 3.05) is 23.4 Å². The van der Waals surface area contributed by atoms with Crippen LogP contribution in [0.25, 0.3) is 0 Å². The van der Waals surface area contributed by atoms with Crippen molar-refractivity contribution >= 4 is 11.6 Å². The normalized spacial score (nSPS) is 18.2. The quantitative estimate of drug-likeness (QED) is 0.632. The molecular weight excluding hydrogens is 226 g/mol. The smallest absolute Gasteiger partial charge is 0.148 e. The van der Waals surface area contributed by atoms with E-state index in [4.69, 9.17) is 5.84 Å². The molecule has 3 N–H and O–H groups in total. The lowest BCUT2D eigenvalue weighted by molar-refractivity contribution is 0.418. The summed E-state index contributed by atoms with van der Waals surface area (Å²) in [5, 5.41) is 0. The average Bonchev–Trinajstić information content (AvgIpc) is 2.70. The first-order chi connectivity index (χ1) is 8.46. The van der Waals surface area contributed by atoms with Gasteiger partial charge in [0.1, 0.15) is 17.5 Å². The molecule has 18 heavy (non-hydrogen) atoms. The van der Waals surface area contributed by atoms with Crippen LogP contribution in [0.1, 0.15) is 38.6 Å². The molecule has 1 saturated heterocycles. The molecule has 2 rings (SSSR count). The fraction of sp³-hybridized carbons (Fsp3) is 0.692. The molecule has 1 aromatic heterocycles. The van der Waals surface area contributed by atoms with E-state index in [2.05, 4.69) is 41.1 Å². The Morgan fingerprint density at radius 1 is 1.39 bits per heavy atom. The van der Waals surface area contributed by atoms with Crippen LogP contribution in [-0.2, 0) is 6.42 Å². The summed E-state index contributed by atoms with van der Waals surface area (Å²) in [4.78, 5) is 11.4. The fourth-order valence-electron chi connectivity index (χ4n) is 2.45. The van der Waals surface area contributed by atoms with Crippen molar-refractivity contribution in [1.29, 1.82) is 0 Å². The van der Waals surface area contributed by atoms with Crippen LogP contribution >= 0.6 is 0 Å². The van der Waals surface area contributed by atoms with Gasteiger partial charge in [-0.1, -0.05) is 20.8 Å². The molecule has 0 bridgehead atoms. The number of aryl methyl sites for hydroxylation is 1. The summed E-state index contributed by atoms with van der Waals surface area (Å²) >= 11 is 0. The third-order valence-corrected chi connectivity index (χ3v) is 3.60. The number of nitrogen functional groups attached to an aromatic ring is 1. The first-order valence-electron chi connectivity index (χ1n) is 6.56. The Kier molecular flexibility index (Phi) is 3.43. The largest absolute Gasteiger partial charge is 0.356 e. The Labute approximate surface area is 109 Å². The van der Waals surface area contributed by atoms with Crippen molar-refractivity contribution in [1.82, 2.24) is 9.97 Å². The molecule has 0 unspecified atom stereocenters. The number of aromatic nitrogens is 2. The highest BCUT2D eigenvalue weighted by Gasteiger charge is 2.31. The molecule has 5 heteroatoms. The number of nitrogens with zero attached hydrogens (tertiary/aromatic N) is 3. The minimum absolute atomic E-state index is 0.361. The van der Waals surface area contributed by atoms with Crippen LogP contribution in [0.3, 0.4) is 0 Å². The van der Waals surface area contributed by atoms with E-state index >= 15 is 0 Å². The molecule has 0 saturated carbocycles. The van der Waals surface area contributed by atoms with Crippen LogP contribution in [0, 0.1) is 12.3 Å². The monoisotopic (exact) mass is 249 g/mol. The van der Waals surface area contributed by atoms with Gasteiger partial charge in [0.2, 0.25) is 0 Å². The van der Waals surface area contributed by atoms with E-state index in [1.165, 1.54) is 6.42 Å². The lowest BCUT2D eigenvalue weighted by atomic mass is 9.93. The molecule has 1 aliphatic heterocycles. The number of rotatable bonds is 3. The highest BCUT2D eigenvalue weighted by molar-refractivity contribution is 5.58. The maximum absolute atomic E-state index is 5.54. The predicted octanol–water partition coefficient (Wildman–Crippen LogP) is 1.87. The molecule has 0 spiro atoms. The van der Waals surface area contributed by atoms with Gasteiger partial charge in [0.05, 0.1) is 0 Å². The van der Waals surface area contributed by atoms with E-state index in [1.807, 2.05) is 6.92 Å². The zero-order valence-electron chi connectivity index (χ0n) is 11.7. The summed E-state index contributed by atoms with van der Waals surface area (Å²) in [6, 6.07) is 0. The number of hydrazine groups is 1. The molecule has 0 amide bonds. The van der Waals surface area contributed by atoms with Crippen molar-refractivity contribution in [2.24, 2.45) is 11.3 Å². The molecule has 0 aliphatic carbocycles. The Morgan fingerprint density at radius 2 is 2.11 bits per heavy atom. The lowest BCUT2D eigenvalue weighted by Gasteiger charge is -2.23. The zero-order valence-corrected chi connectivity index (χ0v) is 11.7. The molecule has 0 atom stereocenters. The predicted molar refractivity (Wildman–Crippen MR) is 74.6 cm³/mol. The van der Waals surface area contributed by atoms with Gasteiger partial charge < -0.3 is 10.3 Å². The third kappa shape index (κ3) is 2.41. The molecule has 0 aromatic carbocycles. The van der Waals surface area contributed by atoms with Crippen LogP contribution in [0.15, 0.2) is 0 Å². The van der Waals surface area contributed by atoms with Gasteiger partial charge in [-0.05, 0) is 18.8 Å². The van der Waals surface area contributed by atoms with Crippen molar-refractivity contribution in [3.63, 3.8) is 0 Å². The minimum atomic E-state index is 0.361. The molecule has 0 radical (unpaired) electrons. The van der Waals surface area contributed by atoms with Gasteiger partial charge in [0, 0.05) is 25.1 Å². The lowest BCUT2D eigenvalue weighted by Crippen LogP contribution is -2.26. The summed E-state index contributed by atoms with van der Waals surface area (Å²) in [6.07, 6.45) is 2.02. The second kappa shape index (κ2) is 4.72. The Morgan fingerprint density at radius 3 is 2.61 bits per heavy atom. The van der Waals surface area contributed by atoms with Gasteiger partial charge in [-0.2, -0.15) is 0 Å².